The molecule has 0 unspecified atom stereocenters. The Morgan fingerprint density at radius 2 is 0.763 bits per heavy atom. The van der Waals surface area contributed by atoms with Crippen LogP contribution in [-0.4, -0.2) is 33.6 Å². The van der Waals surface area contributed by atoms with Crippen LogP contribution < -0.4 is 0 Å². The summed E-state index contributed by atoms with van der Waals surface area (Å²) in [7, 11) is 0. The van der Waals surface area contributed by atoms with Crippen LogP contribution in [0.1, 0.15) is 0 Å². The molecule has 8 aromatic carbocycles. The Balaban J connectivity index is 1.07. The molecule has 12 aromatic rings. The second-order valence-corrected chi connectivity index (χ2v) is 14.7. The van der Waals surface area contributed by atoms with Crippen LogP contribution >= 0.6 is 0 Å². The van der Waals surface area contributed by atoms with Gasteiger partial charge in [-0.25, -0.2) is 9.97 Å². The summed E-state index contributed by atoms with van der Waals surface area (Å²) in [6, 6.07) is 69.6. The van der Waals surface area contributed by atoms with Crippen LogP contribution in [0.3, 0.4) is 0 Å². The van der Waals surface area contributed by atoms with Crippen molar-refractivity contribution in [3.8, 4) is 51.5 Å². The Morgan fingerprint density at radius 3 is 1.37 bits per heavy atom. The number of hydrogen-bond acceptors (Lipinski definition) is 4. The highest BCUT2D eigenvalue weighted by atomic mass is 15.2. The standard InChI is InChI=1S/C52H33N7/c1-4-16-34(17-5-1)49-54-50(35-18-6-2-7-19-35)56-52(55-49)59-43-26-14-11-23-40(43)48-46(59)33-32-45-47(48)39-22-10-13-25-42(39)57(45)38-30-28-36(29-31-38)51-53-41-24-12-15-27-44(41)58(51)37-20-8-3-9-21-37/h1-33H. The first kappa shape index (κ1) is 33.0. The average Bonchev–Trinajstić information content (AvgIpc) is 3.98. The minimum atomic E-state index is 0.573. The van der Waals surface area contributed by atoms with Crippen LogP contribution in [0.4, 0.5) is 0 Å². The molecule has 0 N–H and O–H groups in total. The highest BCUT2D eigenvalue weighted by Gasteiger charge is 2.23. The van der Waals surface area contributed by atoms with Gasteiger partial charge < -0.3 is 4.57 Å². The van der Waals surface area contributed by atoms with Gasteiger partial charge in [-0.3, -0.25) is 9.13 Å². The minimum Gasteiger partial charge on any atom is -0.309 e. The molecule has 0 radical (unpaired) electrons. The van der Waals surface area contributed by atoms with Crippen LogP contribution in [0.2, 0.25) is 0 Å². The van der Waals surface area contributed by atoms with E-state index in [4.69, 9.17) is 19.9 Å². The zero-order valence-corrected chi connectivity index (χ0v) is 31.7. The molecule has 0 saturated heterocycles. The third-order valence-electron chi connectivity index (χ3n) is 11.3. The summed E-state index contributed by atoms with van der Waals surface area (Å²) in [6.07, 6.45) is 0. The third kappa shape index (κ3) is 5.22. The van der Waals surface area contributed by atoms with Gasteiger partial charge >= 0.3 is 0 Å². The number of imidazole rings is 1. The molecule has 7 heteroatoms. The summed E-state index contributed by atoms with van der Waals surface area (Å²) in [4.78, 5) is 20.4. The normalized spacial score (nSPS) is 11.7. The van der Waals surface area contributed by atoms with Gasteiger partial charge in [-0.05, 0) is 72.8 Å². The first-order chi connectivity index (χ1) is 29.3. The Morgan fingerprint density at radius 1 is 0.288 bits per heavy atom. The lowest BCUT2D eigenvalue weighted by atomic mass is 10.1. The Kier molecular flexibility index (Phi) is 7.40. The second kappa shape index (κ2) is 13.2. The fraction of sp³-hybridized carbons (Fsp3) is 0. The quantitative estimate of drug-likeness (QED) is 0.169. The van der Waals surface area contributed by atoms with Gasteiger partial charge in [-0.2, -0.15) is 9.97 Å². The molecule has 0 bridgehead atoms. The van der Waals surface area contributed by atoms with E-state index in [1.165, 1.54) is 10.8 Å². The predicted octanol–water partition coefficient (Wildman–Crippen LogP) is 12.4. The van der Waals surface area contributed by atoms with Gasteiger partial charge in [0.2, 0.25) is 5.95 Å². The molecule has 0 spiro atoms. The molecule has 4 aromatic heterocycles. The first-order valence-electron chi connectivity index (χ1n) is 19.7. The molecule has 0 fully saturated rings. The molecule has 0 aliphatic rings. The van der Waals surface area contributed by atoms with Gasteiger partial charge in [0, 0.05) is 49.6 Å². The van der Waals surface area contributed by atoms with Crippen LogP contribution in [0, 0.1) is 0 Å². The smallest absolute Gasteiger partial charge is 0.238 e. The van der Waals surface area contributed by atoms with Crippen molar-refractivity contribution in [3.05, 3.63) is 200 Å². The third-order valence-corrected chi connectivity index (χ3v) is 11.3. The van der Waals surface area contributed by atoms with Crippen LogP contribution in [-0.2, 0) is 0 Å². The van der Waals surface area contributed by atoms with Gasteiger partial charge in [-0.15, -0.1) is 0 Å². The predicted molar refractivity (Wildman–Crippen MR) is 239 cm³/mol. The average molecular weight is 756 g/mol. The van der Waals surface area contributed by atoms with Crippen molar-refractivity contribution < 1.29 is 0 Å². The van der Waals surface area contributed by atoms with Crippen molar-refractivity contribution in [2.75, 3.05) is 0 Å². The van der Waals surface area contributed by atoms with Crippen molar-refractivity contribution in [2.24, 2.45) is 0 Å². The maximum atomic E-state index is 5.17. The number of fused-ring (bicyclic) bond motifs is 8. The molecule has 276 valence electrons. The summed E-state index contributed by atoms with van der Waals surface area (Å²) < 4.78 is 6.82. The van der Waals surface area contributed by atoms with Crippen LogP contribution in [0.15, 0.2) is 200 Å². The minimum absolute atomic E-state index is 0.573. The van der Waals surface area contributed by atoms with Crippen molar-refractivity contribution in [2.45, 2.75) is 0 Å². The molecule has 7 nitrogen and oxygen atoms in total. The van der Waals surface area contributed by atoms with Gasteiger partial charge in [0.25, 0.3) is 0 Å². The van der Waals surface area contributed by atoms with E-state index in [-0.39, 0.29) is 0 Å². The zero-order valence-electron chi connectivity index (χ0n) is 31.7. The Bertz CT molecular complexity index is 3470. The molecule has 0 atom stereocenters. The lowest BCUT2D eigenvalue weighted by molar-refractivity contribution is 0.953. The second-order valence-electron chi connectivity index (χ2n) is 14.7. The number of para-hydroxylation sites is 5. The van der Waals surface area contributed by atoms with Gasteiger partial charge in [0.15, 0.2) is 11.6 Å². The highest BCUT2D eigenvalue weighted by molar-refractivity contribution is 6.28. The molecular weight excluding hydrogens is 723 g/mol. The summed E-state index contributed by atoms with van der Waals surface area (Å²) >= 11 is 0. The van der Waals surface area contributed by atoms with Gasteiger partial charge in [0.05, 0.1) is 33.1 Å². The largest absolute Gasteiger partial charge is 0.309 e. The van der Waals surface area contributed by atoms with E-state index in [0.29, 0.717) is 17.6 Å². The molecule has 59 heavy (non-hydrogen) atoms. The maximum absolute atomic E-state index is 5.17. The van der Waals surface area contributed by atoms with Crippen LogP contribution in [0.25, 0.3) is 106 Å². The maximum Gasteiger partial charge on any atom is 0.238 e. The van der Waals surface area contributed by atoms with Crippen molar-refractivity contribution >= 4 is 54.6 Å². The van der Waals surface area contributed by atoms with E-state index in [1.807, 2.05) is 72.8 Å². The molecule has 0 saturated carbocycles. The van der Waals surface area contributed by atoms with E-state index in [0.717, 1.165) is 77.8 Å². The van der Waals surface area contributed by atoms with Crippen molar-refractivity contribution in [1.29, 1.82) is 0 Å². The van der Waals surface area contributed by atoms with E-state index < -0.39 is 0 Å². The molecule has 0 amide bonds. The molecule has 0 aliphatic heterocycles. The van der Waals surface area contributed by atoms with E-state index in [1.54, 1.807) is 0 Å². The molecule has 4 heterocycles. The molecule has 0 aliphatic carbocycles. The van der Waals surface area contributed by atoms with Crippen molar-refractivity contribution in [3.63, 3.8) is 0 Å². The van der Waals surface area contributed by atoms with Gasteiger partial charge in [-0.1, -0.05) is 127 Å². The Labute approximate surface area is 338 Å². The van der Waals surface area contributed by atoms with Gasteiger partial charge in [0.1, 0.15) is 5.82 Å². The van der Waals surface area contributed by atoms with E-state index in [9.17, 15) is 0 Å². The fourth-order valence-electron chi connectivity index (χ4n) is 8.73. The monoisotopic (exact) mass is 755 g/mol. The first-order valence-corrected chi connectivity index (χ1v) is 19.7. The summed E-state index contributed by atoms with van der Waals surface area (Å²) in [5, 5.41) is 4.65. The fourth-order valence-corrected chi connectivity index (χ4v) is 8.73. The van der Waals surface area contributed by atoms with E-state index in [2.05, 4.69) is 141 Å². The number of aromatic nitrogens is 7. The number of nitrogens with zero attached hydrogens (tertiary/aromatic N) is 7. The van der Waals surface area contributed by atoms with Crippen molar-refractivity contribution in [1.82, 2.24) is 33.6 Å². The highest BCUT2D eigenvalue weighted by Crippen LogP contribution is 2.42. The number of rotatable bonds is 6. The van der Waals surface area contributed by atoms with E-state index >= 15 is 0 Å². The summed E-state index contributed by atoms with van der Waals surface area (Å²) in [6.45, 7) is 0. The topological polar surface area (TPSA) is 66.3 Å². The SMILES string of the molecule is c1ccc(-c2nc(-c3ccccc3)nc(-n3c4ccccc4c4c5c6ccccc6n(-c6ccc(-c7nc8ccccc8n7-c7ccccc7)cc6)c5ccc43)n2)cc1. The Hall–Kier alpha value is -8.16. The zero-order chi connectivity index (χ0) is 38.9. The number of hydrogen-bond donors (Lipinski definition) is 0. The molecular formula is C52H33N7. The lowest BCUT2D eigenvalue weighted by Crippen LogP contribution is -2.06. The summed E-state index contributed by atoms with van der Waals surface area (Å²) in [5.41, 5.74) is 11.4. The number of benzene rings is 8. The lowest BCUT2D eigenvalue weighted by Gasteiger charge is -2.12. The summed E-state index contributed by atoms with van der Waals surface area (Å²) in [5.74, 6) is 2.73. The molecule has 12 rings (SSSR count). The van der Waals surface area contributed by atoms with Crippen LogP contribution in [0.5, 0.6) is 0 Å².